The largest absolute Gasteiger partial charge is 0.492 e. The molecule has 1 unspecified atom stereocenters. The molecule has 0 aromatic heterocycles. The molecule has 0 saturated heterocycles. The second-order valence-corrected chi connectivity index (χ2v) is 3.95. The van der Waals surface area contributed by atoms with Crippen molar-refractivity contribution >= 4 is 17.9 Å². The number of carbonyl (C=O) groups excluding carboxylic acids is 1. The van der Waals surface area contributed by atoms with Gasteiger partial charge in [-0.2, -0.15) is 0 Å². The van der Waals surface area contributed by atoms with Crippen LogP contribution in [0.1, 0.15) is 22.8 Å². The van der Waals surface area contributed by atoms with Crippen LogP contribution < -0.4 is 9.47 Å². The number of hydrogen-bond acceptors (Lipinski definition) is 3. The normalized spacial score (nSPS) is 18.2. The molecule has 80 valence electrons. The maximum atomic E-state index is 10.8. The minimum absolute atomic E-state index is 0.0771. The van der Waals surface area contributed by atoms with E-state index in [0.717, 1.165) is 18.3 Å². The molecular weight excluding hydrogens is 216 g/mol. The summed E-state index contributed by atoms with van der Waals surface area (Å²) in [5.74, 6) is 1.09. The summed E-state index contributed by atoms with van der Waals surface area (Å²) in [6.45, 7) is 1.95. The predicted molar refractivity (Wildman–Crippen MR) is 57.2 cm³/mol. The molecule has 0 aliphatic carbocycles. The highest BCUT2D eigenvalue weighted by Gasteiger charge is 2.27. The Hall–Kier alpha value is -1.22. The van der Waals surface area contributed by atoms with E-state index in [1.165, 1.54) is 7.11 Å². The van der Waals surface area contributed by atoms with E-state index in [9.17, 15) is 4.79 Å². The molecule has 0 spiro atoms. The zero-order valence-corrected chi connectivity index (χ0v) is 9.30. The summed E-state index contributed by atoms with van der Waals surface area (Å²) in [6.07, 6.45) is 1.55. The van der Waals surface area contributed by atoms with Crippen molar-refractivity contribution in [3.8, 4) is 11.5 Å². The molecule has 2 rings (SSSR count). The minimum Gasteiger partial charge on any atom is -0.492 e. The molecule has 0 amide bonds. The van der Waals surface area contributed by atoms with Gasteiger partial charge in [0.05, 0.1) is 12.7 Å². The Morgan fingerprint density at radius 1 is 1.67 bits per heavy atom. The fourth-order valence-corrected chi connectivity index (χ4v) is 2.09. The topological polar surface area (TPSA) is 35.5 Å². The van der Waals surface area contributed by atoms with Crippen LogP contribution in [0.2, 0.25) is 5.02 Å². The van der Waals surface area contributed by atoms with Crippen molar-refractivity contribution in [3.05, 3.63) is 22.2 Å². The molecule has 0 bridgehead atoms. The molecule has 1 aromatic carbocycles. The monoisotopic (exact) mass is 226 g/mol. The highest BCUT2D eigenvalue weighted by molar-refractivity contribution is 6.32. The Kier molecular flexibility index (Phi) is 2.57. The van der Waals surface area contributed by atoms with Gasteiger partial charge in [0.25, 0.3) is 0 Å². The average molecular weight is 227 g/mol. The summed E-state index contributed by atoms with van der Waals surface area (Å²) < 4.78 is 10.8. The van der Waals surface area contributed by atoms with Gasteiger partial charge in [0.1, 0.15) is 6.10 Å². The van der Waals surface area contributed by atoms with Gasteiger partial charge >= 0.3 is 0 Å². The minimum atomic E-state index is 0.0771. The first-order chi connectivity index (χ1) is 7.17. The van der Waals surface area contributed by atoms with Crippen LogP contribution in [-0.4, -0.2) is 19.5 Å². The molecule has 15 heavy (non-hydrogen) atoms. The fourth-order valence-electron chi connectivity index (χ4n) is 1.81. The lowest BCUT2D eigenvalue weighted by molar-refractivity contribution is 0.111. The average Bonchev–Trinajstić information content (AvgIpc) is 2.60. The third-order valence-electron chi connectivity index (χ3n) is 2.45. The van der Waals surface area contributed by atoms with Crippen LogP contribution in [0.15, 0.2) is 6.07 Å². The quantitative estimate of drug-likeness (QED) is 0.727. The molecular formula is C11H11ClO3. The Morgan fingerprint density at radius 2 is 2.40 bits per heavy atom. The summed E-state index contributed by atoms with van der Waals surface area (Å²) in [5.41, 5.74) is 1.35. The van der Waals surface area contributed by atoms with Gasteiger partial charge in [0.2, 0.25) is 0 Å². The first-order valence-corrected chi connectivity index (χ1v) is 5.06. The van der Waals surface area contributed by atoms with Crippen LogP contribution in [0.4, 0.5) is 0 Å². The van der Waals surface area contributed by atoms with Crippen LogP contribution in [0.25, 0.3) is 0 Å². The molecule has 3 nitrogen and oxygen atoms in total. The number of carbonyl (C=O) groups is 1. The molecule has 4 heteroatoms. The number of methoxy groups -OCH3 is 1. The van der Waals surface area contributed by atoms with Crippen molar-refractivity contribution in [3.63, 3.8) is 0 Å². The van der Waals surface area contributed by atoms with Crippen molar-refractivity contribution in [2.24, 2.45) is 0 Å². The second kappa shape index (κ2) is 3.74. The Labute approximate surface area is 92.9 Å². The number of hydrogen-bond donors (Lipinski definition) is 0. The smallest absolute Gasteiger partial charge is 0.171 e. The lowest BCUT2D eigenvalue weighted by Gasteiger charge is -2.10. The summed E-state index contributed by atoms with van der Waals surface area (Å²) >= 11 is 6.05. The van der Waals surface area contributed by atoms with Crippen LogP contribution in [-0.2, 0) is 6.42 Å². The van der Waals surface area contributed by atoms with Crippen LogP contribution in [0, 0.1) is 0 Å². The zero-order valence-electron chi connectivity index (χ0n) is 8.54. The predicted octanol–water partition coefficient (Wildman–Crippen LogP) is 2.48. The van der Waals surface area contributed by atoms with E-state index in [0.29, 0.717) is 22.1 Å². The van der Waals surface area contributed by atoms with Crippen molar-refractivity contribution in [1.82, 2.24) is 0 Å². The zero-order chi connectivity index (χ0) is 11.0. The molecule has 0 fully saturated rings. The number of ether oxygens (including phenoxy) is 2. The molecule has 1 aromatic rings. The number of aldehydes is 1. The van der Waals surface area contributed by atoms with Gasteiger partial charge < -0.3 is 9.47 Å². The summed E-state index contributed by atoms with van der Waals surface area (Å²) in [6, 6.07) is 1.62. The third kappa shape index (κ3) is 1.57. The first kappa shape index (κ1) is 10.3. The van der Waals surface area contributed by atoms with Crippen molar-refractivity contribution in [1.29, 1.82) is 0 Å². The lowest BCUT2D eigenvalue weighted by atomic mass is 10.1. The maximum absolute atomic E-state index is 10.8. The van der Waals surface area contributed by atoms with Gasteiger partial charge in [0, 0.05) is 17.0 Å². The first-order valence-electron chi connectivity index (χ1n) is 4.68. The Balaban J connectivity index is 2.64. The molecule has 1 aliphatic heterocycles. The number of fused-ring (bicyclic) bond motifs is 1. The molecule has 1 heterocycles. The van der Waals surface area contributed by atoms with E-state index in [1.54, 1.807) is 6.07 Å². The van der Waals surface area contributed by atoms with E-state index in [2.05, 4.69) is 0 Å². The Morgan fingerprint density at radius 3 is 3.00 bits per heavy atom. The number of benzene rings is 1. The molecule has 1 atom stereocenters. The van der Waals surface area contributed by atoms with Gasteiger partial charge in [-0.05, 0) is 13.0 Å². The second-order valence-electron chi connectivity index (χ2n) is 3.54. The van der Waals surface area contributed by atoms with E-state index >= 15 is 0 Å². The summed E-state index contributed by atoms with van der Waals surface area (Å²) in [7, 11) is 1.52. The van der Waals surface area contributed by atoms with Crippen molar-refractivity contribution < 1.29 is 14.3 Å². The highest BCUT2D eigenvalue weighted by Crippen LogP contribution is 2.43. The van der Waals surface area contributed by atoms with Crippen molar-refractivity contribution in [2.45, 2.75) is 19.4 Å². The maximum Gasteiger partial charge on any atom is 0.171 e. The van der Waals surface area contributed by atoms with E-state index in [1.807, 2.05) is 6.92 Å². The molecule has 1 aliphatic rings. The third-order valence-corrected chi connectivity index (χ3v) is 2.79. The standard InChI is InChI=1S/C11H11ClO3/c1-6-3-8-9(12)4-7(5-13)10(14-2)11(8)15-6/h4-6H,3H2,1-2H3. The highest BCUT2D eigenvalue weighted by atomic mass is 35.5. The van der Waals surface area contributed by atoms with Gasteiger partial charge in [-0.25, -0.2) is 0 Å². The van der Waals surface area contributed by atoms with E-state index in [4.69, 9.17) is 21.1 Å². The fraction of sp³-hybridized carbons (Fsp3) is 0.364. The van der Waals surface area contributed by atoms with Crippen LogP contribution in [0.3, 0.4) is 0 Å². The number of rotatable bonds is 2. The van der Waals surface area contributed by atoms with Gasteiger partial charge in [-0.1, -0.05) is 11.6 Å². The van der Waals surface area contributed by atoms with E-state index in [-0.39, 0.29) is 6.10 Å². The number of halogens is 1. The van der Waals surface area contributed by atoms with Gasteiger partial charge in [-0.15, -0.1) is 0 Å². The van der Waals surface area contributed by atoms with Crippen molar-refractivity contribution in [2.75, 3.05) is 7.11 Å². The SMILES string of the molecule is COc1c(C=O)cc(Cl)c2c1OC(C)C2. The molecule has 0 saturated carbocycles. The van der Waals surface area contributed by atoms with Gasteiger partial charge in [0.15, 0.2) is 17.8 Å². The molecule has 0 radical (unpaired) electrons. The molecule has 0 N–H and O–H groups in total. The lowest BCUT2D eigenvalue weighted by Crippen LogP contribution is -2.05. The van der Waals surface area contributed by atoms with Gasteiger partial charge in [-0.3, -0.25) is 4.79 Å². The summed E-state index contributed by atoms with van der Waals surface area (Å²) in [5, 5.41) is 0.567. The Bertz CT molecular complexity index is 415. The van der Waals surface area contributed by atoms with Crippen LogP contribution >= 0.6 is 11.6 Å². The summed E-state index contributed by atoms with van der Waals surface area (Å²) in [4.78, 5) is 10.8. The van der Waals surface area contributed by atoms with Crippen LogP contribution in [0.5, 0.6) is 11.5 Å². The van der Waals surface area contributed by atoms with E-state index < -0.39 is 0 Å².